The Balaban J connectivity index is -0.0000000800. The zero-order chi connectivity index (χ0) is 7.21. The molecule has 0 radical (unpaired) electrons. The third-order valence-electron chi connectivity index (χ3n) is 0. The number of hydrogen-bond donors (Lipinski definition) is 4. The van der Waals surface area contributed by atoms with Crippen LogP contribution in [0.3, 0.4) is 0 Å². The standard InChI is InChI=1S/C2H6O.FH3O3Si.H2O/c1-2-3;1-5(2,3)4;/h3H,2H2,1H3;2-4H;1H2. The first-order valence-corrected chi connectivity index (χ1v) is 3.60. The second kappa shape index (κ2) is 7.95. The summed E-state index contributed by atoms with van der Waals surface area (Å²) in [6.07, 6.45) is 0. The lowest BCUT2D eigenvalue weighted by atomic mass is 10.9. The summed E-state index contributed by atoms with van der Waals surface area (Å²) in [5.74, 6) is 0. The van der Waals surface area contributed by atoms with Gasteiger partial charge in [0.25, 0.3) is 0 Å². The Labute approximate surface area is 52.9 Å². The van der Waals surface area contributed by atoms with Gasteiger partial charge in [-0.05, 0) is 6.92 Å². The highest BCUT2D eigenvalue weighted by atomic mass is 28.4. The van der Waals surface area contributed by atoms with Gasteiger partial charge in [-0.25, -0.2) is 4.11 Å². The van der Waals surface area contributed by atoms with Gasteiger partial charge in [0.1, 0.15) is 0 Å². The first kappa shape index (κ1) is 16.0. The molecule has 60 valence electrons. The molecule has 0 fully saturated rings. The molecule has 7 heteroatoms. The largest absolute Gasteiger partial charge is 0.711 e. The van der Waals surface area contributed by atoms with Crippen LogP contribution in [0, 0.1) is 0 Å². The maximum absolute atomic E-state index is 10.5. The molecular weight excluding hydrogens is 151 g/mol. The van der Waals surface area contributed by atoms with Gasteiger partial charge in [0.05, 0.1) is 0 Å². The fourth-order valence-electron chi connectivity index (χ4n) is 0. The summed E-state index contributed by atoms with van der Waals surface area (Å²) in [5, 5.41) is 7.57. The SMILES string of the molecule is CCO.O.O[Si](O)(O)F. The molecule has 0 atom stereocenters. The lowest BCUT2D eigenvalue weighted by Crippen LogP contribution is -2.27. The number of rotatable bonds is 0. The third-order valence-corrected chi connectivity index (χ3v) is 0. The van der Waals surface area contributed by atoms with Crippen molar-refractivity contribution in [1.82, 2.24) is 0 Å². The zero-order valence-corrected chi connectivity index (χ0v) is 5.87. The summed E-state index contributed by atoms with van der Waals surface area (Å²) in [6, 6.07) is 0. The van der Waals surface area contributed by atoms with Crippen molar-refractivity contribution < 1.29 is 29.1 Å². The lowest BCUT2D eigenvalue weighted by molar-refractivity contribution is 0.165. The molecule has 0 aromatic rings. The van der Waals surface area contributed by atoms with Crippen molar-refractivity contribution in [3.8, 4) is 0 Å². The van der Waals surface area contributed by atoms with Crippen LogP contribution in [0.5, 0.6) is 0 Å². The zero-order valence-electron chi connectivity index (χ0n) is 4.87. The summed E-state index contributed by atoms with van der Waals surface area (Å²) in [4.78, 5) is 21.3. The van der Waals surface area contributed by atoms with Gasteiger partial charge in [-0.15, -0.1) is 0 Å². The Morgan fingerprint density at radius 2 is 1.33 bits per heavy atom. The molecule has 0 saturated carbocycles. The molecule has 6 N–H and O–H groups in total. The van der Waals surface area contributed by atoms with Crippen LogP contribution >= 0.6 is 0 Å². The Hall–Kier alpha value is -0.0531. The van der Waals surface area contributed by atoms with E-state index in [9.17, 15) is 4.11 Å². The van der Waals surface area contributed by atoms with E-state index in [1.54, 1.807) is 6.92 Å². The summed E-state index contributed by atoms with van der Waals surface area (Å²) < 4.78 is 10.5. The molecule has 0 amide bonds. The summed E-state index contributed by atoms with van der Waals surface area (Å²) >= 11 is 0. The van der Waals surface area contributed by atoms with Gasteiger partial charge >= 0.3 is 9.14 Å². The van der Waals surface area contributed by atoms with Crippen molar-refractivity contribution in [2.45, 2.75) is 6.92 Å². The number of aliphatic hydroxyl groups is 1. The number of hydrogen-bond acceptors (Lipinski definition) is 4. The maximum atomic E-state index is 10.5. The molecule has 0 spiro atoms. The van der Waals surface area contributed by atoms with Gasteiger partial charge in [0, 0.05) is 6.61 Å². The van der Waals surface area contributed by atoms with Crippen LogP contribution in [0.4, 0.5) is 4.11 Å². The predicted molar refractivity (Wildman–Crippen MR) is 29.9 cm³/mol. The van der Waals surface area contributed by atoms with Gasteiger partial charge in [-0.2, -0.15) is 0 Å². The quantitative estimate of drug-likeness (QED) is 0.234. The minimum Gasteiger partial charge on any atom is -0.412 e. The van der Waals surface area contributed by atoms with Crippen molar-refractivity contribution >= 4 is 9.14 Å². The molecule has 5 nitrogen and oxygen atoms in total. The second-order valence-electron chi connectivity index (χ2n) is 0.870. The average molecular weight is 162 g/mol. The van der Waals surface area contributed by atoms with Gasteiger partial charge in [-0.1, -0.05) is 0 Å². The molecule has 0 bridgehead atoms. The van der Waals surface area contributed by atoms with Crippen molar-refractivity contribution in [1.29, 1.82) is 0 Å². The molecule has 0 heterocycles. The van der Waals surface area contributed by atoms with E-state index in [1.807, 2.05) is 0 Å². The molecule has 0 aliphatic rings. The van der Waals surface area contributed by atoms with Crippen LogP contribution in [-0.2, 0) is 0 Å². The first-order chi connectivity index (χ1) is 3.41. The fraction of sp³-hybridized carbons (Fsp3) is 1.00. The minimum absolute atomic E-state index is 0. The van der Waals surface area contributed by atoms with E-state index < -0.39 is 9.14 Å². The Bertz CT molecular complexity index is 38.7. The van der Waals surface area contributed by atoms with E-state index in [4.69, 9.17) is 19.5 Å². The van der Waals surface area contributed by atoms with Crippen LogP contribution in [0.15, 0.2) is 0 Å². The highest BCUT2D eigenvalue weighted by molar-refractivity contribution is 6.47. The summed E-state index contributed by atoms with van der Waals surface area (Å²) in [5.41, 5.74) is 0. The number of halogens is 1. The van der Waals surface area contributed by atoms with Gasteiger partial charge < -0.3 is 25.0 Å². The molecular formula is C2H11FO5Si. The highest BCUT2D eigenvalue weighted by Crippen LogP contribution is 1.79. The van der Waals surface area contributed by atoms with Gasteiger partial charge in [-0.3, -0.25) is 0 Å². The van der Waals surface area contributed by atoms with Crippen molar-refractivity contribution in [3.63, 3.8) is 0 Å². The maximum Gasteiger partial charge on any atom is 0.711 e. The second-order valence-corrected chi connectivity index (χ2v) is 1.98. The van der Waals surface area contributed by atoms with E-state index in [0.29, 0.717) is 0 Å². The molecule has 0 aromatic heterocycles. The van der Waals surface area contributed by atoms with Crippen LogP contribution in [0.2, 0.25) is 0 Å². The van der Waals surface area contributed by atoms with E-state index in [0.717, 1.165) is 0 Å². The summed E-state index contributed by atoms with van der Waals surface area (Å²) in [7, 11) is -5.11. The average Bonchev–Trinajstić information content (AvgIpc) is 1.27. The monoisotopic (exact) mass is 162 g/mol. The lowest BCUT2D eigenvalue weighted by Gasteiger charge is -1.87. The molecule has 0 unspecified atom stereocenters. The van der Waals surface area contributed by atoms with Crippen molar-refractivity contribution in [3.05, 3.63) is 0 Å². The van der Waals surface area contributed by atoms with Gasteiger partial charge in [0.2, 0.25) is 0 Å². The predicted octanol–water partition coefficient (Wildman–Crippen LogP) is -2.46. The van der Waals surface area contributed by atoms with Gasteiger partial charge in [0.15, 0.2) is 0 Å². The molecule has 0 rings (SSSR count). The normalized spacial score (nSPS) is 8.67. The number of aliphatic hydroxyl groups excluding tert-OH is 1. The molecule has 0 saturated heterocycles. The highest BCUT2D eigenvalue weighted by Gasteiger charge is 2.26. The van der Waals surface area contributed by atoms with Crippen molar-refractivity contribution in [2.24, 2.45) is 0 Å². The fourth-order valence-corrected chi connectivity index (χ4v) is 0. The van der Waals surface area contributed by atoms with E-state index in [1.165, 1.54) is 0 Å². The molecule has 0 aromatic carbocycles. The van der Waals surface area contributed by atoms with Crippen LogP contribution in [0.1, 0.15) is 6.92 Å². The third kappa shape index (κ3) is 99600. The summed E-state index contributed by atoms with van der Waals surface area (Å²) in [6.45, 7) is 1.93. The Morgan fingerprint density at radius 3 is 1.33 bits per heavy atom. The van der Waals surface area contributed by atoms with Crippen LogP contribution in [0.25, 0.3) is 0 Å². The van der Waals surface area contributed by atoms with Crippen LogP contribution < -0.4 is 0 Å². The molecule has 0 aliphatic heterocycles. The van der Waals surface area contributed by atoms with E-state index in [-0.39, 0.29) is 12.1 Å². The first-order valence-electron chi connectivity index (χ1n) is 1.88. The van der Waals surface area contributed by atoms with E-state index in [2.05, 4.69) is 0 Å². The molecule has 9 heavy (non-hydrogen) atoms. The topological polar surface area (TPSA) is 112 Å². The Morgan fingerprint density at radius 1 is 1.33 bits per heavy atom. The Kier molecular flexibility index (Phi) is 14.1. The minimum atomic E-state index is -5.11. The van der Waals surface area contributed by atoms with E-state index >= 15 is 0 Å². The van der Waals surface area contributed by atoms with Crippen molar-refractivity contribution in [2.75, 3.05) is 6.61 Å². The molecule has 0 aliphatic carbocycles. The van der Waals surface area contributed by atoms with Crippen LogP contribution in [-0.4, -0.2) is 40.7 Å². The smallest absolute Gasteiger partial charge is 0.412 e.